The molecular formula is C14H13FN2O. The molecule has 0 unspecified atom stereocenters. The Morgan fingerprint density at radius 3 is 2.44 bits per heavy atom. The molecule has 2 rings (SSSR count). The van der Waals surface area contributed by atoms with Crippen molar-refractivity contribution in [3.63, 3.8) is 0 Å². The number of hydrogen-bond donors (Lipinski definition) is 2. The molecule has 0 saturated heterocycles. The highest BCUT2D eigenvalue weighted by atomic mass is 19.1. The van der Waals surface area contributed by atoms with Crippen LogP contribution in [0.1, 0.15) is 11.1 Å². The molecule has 0 aromatic heterocycles. The van der Waals surface area contributed by atoms with Crippen molar-refractivity contribution >= 4 is 5.84 Å². The highest BCUT2D eigenvalue weighted by Gasteiger charge is 2.13. The number of hydrogen-bond acceptors (Lipinski definition) is 2. The Morgan fingerprint density at radius 2 is 1.78 bits per heavy atom. The first kappa shape index (κ1) is 12.1. The van der Waals surface area contributed by atoms with E-state index in [0.29, 0.717) is 5.75 Å². The van der Waals surface area contributed by atoms with Gasteiger partial charge in [-0.1, -0.05) is 24.3 Å². The Balaban J connectivity index is 2.44. The molecule has 2 aromatic carbocycles. The van der Waals surface area contributed by atoms with Crippen molar-refractivity contribution in [3.05, 3.63) is 59.4 Å². The average molecular weight is 244 g/mol. The van der Waals surface area contributed by atoms with Crippen LogP contribution in [0.25, 0.3) is 0 Å². The van der Waals surface area contributed by atoms with Crippen LogP contribution < -0.4 is 10.5 Å². The van der Waals surface area contributed by atoms with Gasteiger partial charge in [0.1, 0.15) is 23.2 Å². The molecule has 92 valence electrons. The summed E-state index contributed by atoms with van der Waals surface area (Å²) in [6, 6.07) is 11.8. The molecule has 0 atom stereocenters. The second-order valence-corrected chi connectivity index (χ2v) is 3.89. The number of benzene rings is 2. The third-order valence-corrected chi connectivity index (χ3v) is 2.56. The Morgan fingerprint density at radius 1 is 1.11 bits per heavy atom. The van der Waals surface area contributed by atoms with E-state index in [0.717, 1.165) is 5.56 Å². The lowest BCUT2D eigenvalue weighted by Gasteiger charge is -2.12. The molecule has 2 aromatic rings. The van der Waals surface area contributed by atoms with Crippen molar-refractivity contribution in [3.8, 4) is 11.5 Å². The second-order valence-electron chi connectivity index (χ2n) is 3.89. The number of rotatable bonds is 3. The van der Waals surface area contributed by atoms with Gasteiger partial charge in [-0.05, 0) is 30.7 Å². The van der Waals surface area contributed by atoms with E-state index < -0.39 is 5.82 Å². The van der Waals surface area contributed by atoms with Gasteiger partial charge in [0.2, 0.25) is 0 Å². The zero-order valence-corrected chi connectivity index (χ0v) is 9.91. The molecule has 0 amide bonds. The SMILES string of the molecule is Cc1ccccc1Oc1cccc(F)c1C(=N)N. The third-order valence-electron chi connectivity index (χ3n) is 2.56. The van der Waals surface area contributed by atoms with E-state index in [9.17, 15) is 4.39 Å². The van der Waals surface area contributed by atoms with Gasteiger partial charge in [-0.2, -0.15) is 0 Å². The maximum Gasteiger partial charge on any atom is 0.141 e. The molecule has 4 heteroatoms. The minimum atomic E-state index is -0.561. The Hall–Kier alpha value is -2.36. The predicted octanol–water partition coefficient (Wildman–Crippen LogP) is 3.21. The smallest absolute Gasteiger partial charge is 0.141 e. The van der Waals surface area contributed by atoms with Gasteiger partial charge >= 0.3 is 0 Å². The molecule has 18 heavy (non-hydrogen) atoms. The van der Waals surface area contributed by atoms with Crippen LogP contribution in [0, 0.1) is 18.2 Å². The number of halogens is 1. The molecule has 3 nitrogen and oxygen atoms in total. The number of ether oxygens (including phenoxy) is 1. The highest BCUT2D eigenvalue weighted by Crippen LogP contribution is 2.28. The molecule has 0 aliphatic heterocycles. The highest BCUT2D eigenvalue weighted by molar-refractivity contribution is 5.98. The van der Waals surface area contributed by atoms with E-state index in [4.69, 9.17) is 15.9 Å². The number of nitrogens with two attached hydrogens (primary N) is 1. The van der Waals surface area contributed by atoms with Crippen molar-refractivity contribution in [2.24, 2.45) is 5.73 Å². The zero-order chi connectivity index (χ0) is 13.1. The minimum absolute atomic E-state index is 0.0132. The van der Waals surface area contributed by atoms with E-state index in [1.807, 2.05) is 25.1 Å². The Labute approximate surface area is 105 Å². The van der Waals surface area contributed by atoms with Crippen LogP contribution in [-0.2, 0) is 0 Å². The van der Waals surface area contributed by atoms with Crippen molar-refractivity contribution < 1.29 is 9.13 Å². The minimum Gasteiger partial charge on any atom is -0.456 e. The zero-order valence-electron chi connectivity index (χ0n) is 9.91. The average Bonchev–Trinajstić information content (AvgIpc) is 2.31. The Kier molecular flexibility index (Phi) is 3.28. The molecule has 0 aliphatic rings. The van der Waals surface area contributed by atoms with Crippen molar-refractivity contribution in [1.82, 2.24) is 0 Å². The van der Waals surface area contributed by atoms with Crippen LogP contribution in [0.2, 0.25) is 0 Å². The Bertz CT molecular complexity index is 596. The summed E-state index contributed by atoms with van der Waals surface area (Å²) in [5, 5.41) is 7.39. The fraction of sp³-hybridized carbons (Fsp3) is 0.0714. The first-order valence-electron chi connectivity index (χ1n) is 5.46. The molecule has 0 saturated carbocycles. The van der Waals surface area contributed by atoms with Gasteiger partial charge in [0.05, 0.1) is 5.56 Å². The number of amidine groups is 1. The summed E-state index contributed by atoms with van der Waals surface area (Å²) in [6.07, 6.45) is 0. The van der Waals surface area contributed by atoms with Crippen molar-refractivity contribution in [2.75, 3.05) is 0 Å². The molecule has 0 fully saturated rings. The van der Waals surface area contributed by atoms with E-state index in [-0.39, 0.29) is 17.1 Å². The summed E-state index contributed by atoms with van der Waals surface area (Å²) >= 11 is 0. The number of nitrogen functional groups attached to an aromatic ring is 1. The van der Waals surface area contributed by atoms with Crippen LogP contribution >= 0.6 is 0 Å². The summed E-state index contributed by atoms with van der Waals surface area (Å²) < 4.78 is 19.2. The van der Waals surface area contributed by atoms with Gasteiger partial charge in [0.15, 0.2) is 0 Å². The second kappa shape index (κ2) is 4.87. The lowest BCUT2D eigenvalue weighted by molar-refractivity contribution is 0.471. The maximum absolute atomic E-state index is 13.6. The van der Waals surface area contributed by atoms with Gasteiger partial charge in [-0.3, -0.25) is 5.41 Å². The standard InChI is InChI=1S/C14H13FN2O/c1-9-5-2-3-7-11(9)18-12-8-4-6-10(15)13(12)14(16)17/h2-8H,1H3,(H3,16,17). The van der Waals surface area contributed by atoms with Gasteiger partial charge in [0, 0.05) is 0 Å². The maximum atomic E-state index is 13.6. The van der Waals surface area contributed by atoms with Gasteiger partial charge in [-0.25, -0.2) is 4.39 Å². The molecular weight excluding hydrogens is 231 g/mol. The first-order valence-corrected chi connectivity index (χ1v) is 5.46. The summed E-state index contributed by atoms with van der Waals surface area (Å²) in [6.45, 7) is 1.89. The monoisotopic (exact) mass is 244 g/mol. The first-order chi connectivity index (χ1) is 8.59. The van der Waals surface area contributed by atoms with Crippen LogP contribution in [0.3, 0.4) is 0 Å². The lowest BCUT2D eigenvalue weighted by atomic mass is 10.1. The molecule has 3 N–H and O–H groups in total. The fourth-order valence-electron chi connectivity index (χ4n) is 1.64. The quantitative estimate of drug-likeness (QED) is 0.643. The van der Waals surface area contributed by atoms with Gasteiger partial charge in [0.25, 0.3) is 0 Å². The van der Waals surface area contributed by atoms with Crippen LogP contribution in [0.4, 0.5) is 4.39 Å². The summed E-state index contributed by atoms with van der Waals surface area (Å²) in [7, 11) is 0. The lowest BCUT2D eigenvalue weighted by Crippen LogP contribution is -2.14. The summed E-state index contributed by atoms with van der Waals surface area (Å²) in [4.78, 5) is 0. The van der Waals surface area contributed by atoms with Crippen LogP contribution in [0.15, 0.2) is 42.5 Å². The third kappa shape index (κ3) is 2.32. The normalized spacial score (nSPS) is 10.1. The summed E-state index contributed by atoms with van der Waals surface area (Å²) in [5.74, 6) is -0.0485. The van der Waals surface area contributed by atoms with Gasteiger partial charge < -0.3 is 10.5 Å². The molecule has 0 radical (unpaired) electrons. The van der Waals surface area contributed by atoms with Gasteiger partial charge in [-0.15, -0.1) is 0 Å². The van der Waals surface area contributed by atoms with E-state index in [1.165, 1.54) is 12.1 Å². The number of para-hydroxylation sites is 1. The number of nitrogens with one attached hydrogen (secondary N) is 1. The summed E-state index contributed by atoms with van der Waals surface area (Å²) in [5.41, 5.74) is 6.28. The largest absolute Gasteiger partial charge is 0.456 e. The topological polar surface area (TPSA) is 59.1 Å². The van der Waals surface area contributed by atoms with E-state index in [1.54, 1.807) is 12.1 Å². The molecule has 0 heterocycles. The molecule has 0 aliphatic carbocycles. The molecule has 0 spiro atoms. The molecule has 0 bridgehead atoms. The van der Waals surface area contributed by atoms with Crippen molar-refractivity contribution in [2.45, 2.75) is 6.92 Å². The van der Waals surface area contributed by atoms with E-state index >= 15 is 0 Å². The number of aryl methyl sites for hydroxylation is 1. The van der Waals surface area contributed by atoms with Crippen molar-refractivity contribution in [1.29, 1.82) is 5.41 Å². The fourth-order valence-corrected chi connectivity index (χ4v) is 1.64. The van der Waals surface area contributed by atoms with E-state index in [2.05, 4.69) is 0 Å². The predicted molar refractivity (Wildman–Crippen MR) is 68.7 cm³/mol. The van der Waals surface area contributed by atoms with Crippen LogP contribution in [-0.4, -0.2) is 5.84 Å². The van der Waals surface area contributed by atoms with Crippen LogP contribution in [0.5, 0.6) is 11.5 Å².